The molecule has 0 aromatic carbocycles. The van der Waals surface area contributed by atoms with Gasteiger partial charge in [-0.1, -0.05) is 6.07 Å². The molecular formula is C7H7N3. The molecule has 1 heterocycles. The van der Waals surface area contributed by atoms with Crippen molar-refractivity contribution in [3.05, 3.63) is 23.9 Å². The van der Waals surface area contributed by atoms with Crippen LogP contribution in [0.25, 0.3) is 0 Å². The van der Waals surface area contributed by atoms with Crippen molar-refractivity contribution in [3.63, 3.8) is 0 Å². The molecule has 10 heavy (non-hydrogen) atoms. The second-order valence-corrected chi connectivity index (χ2v) is 1.88. The van der Waals surface area contributed by atoms with Crippen molar-refractivity contribution < 1.29 is 0 Å². The number of aromatic nitrogens is 1. The van der Waals surface area contributed by atoms with E-state index in [9.17, 15) is 0 Å². The zero-order chi connectivity index (χ0) is 7.40. The number of rotatable bonds is 1. The predicted octanol–water partition coefficient (Wildman–Crippen LogP) is 0.730. The number of nitriles is 1. The Balaban J connectivity index is 2.94. The Morgan fingerprint density at radius 3 is 3.10 bits per heavy atom. The predicted molar refractivity (Wildman–Crippen MR) is 38.0 cm³/mol. The van der Waals surface area contributed by atoms with Crippen molar-refractivity contribution in [2.75, 3.05) is 5.73 Å². The third-order valence-electron chi connectivity index (χ3n) is 1.20. The van der Waals surface area contributed by atoms with E-state index < -0.39 is 0 Å². The van der Waals surface area contributed by atoms with Crippen LogP contribution in [0.2, 0.25) is 0 Å². The lowest BCUT2D eigenvalue weighted by Gasteiger charge is -1.95. The summed E-state index contributed by atoms with van der Waals surface area (Å²) < 4.78 is 0. The lowest BCUT2D eigenvalue weighted by Crippen LogP contribution is -1.95. The molecule has 0 saturated carbocycles. The van der Waals surface area contributed by atoms with Gasteiger partial charge in [0.1, 0.15) is 5.82 Å². The van der Waals surface area contributed by atoms with Crippen molar-refractivity contribution in [2.45, 2.75) is 6.42 Å². The van der Waals surface area contributed by atoms with E-state index in [4.69, 9.17) is 11.0 Å². The SMILES string of the molecule is N#CCc1cccnc1N. The molecule has 1 aromatic rings. The van der Waals surface area contributed by atoms with Crippen LogP contribution in [0.5, 0.6) is 0 Å². The zero-order valence-corrected chi connectivity index (χ0v) is 5.41. The van der Waals surface area contributed by atoms with Crippen molar-refractivity contribution in [3.8, 4) is 6.07 Å². The maximum absolute atomic E-state index is 8.31. The molecule has 0 radical (unpaired) electrons. The molecule has 0 bridgehead atoms. The minimum absolute atomic E-state index is 0.333. The van der Waals surface area contributed by atoms with Gasteiger partial charge in [-0.2, -0.15) is 5.26 Å². The summed E-state index contributed by atoms with van der Waals surface area (Å²) in [5, 5.41) is 8.31. The molecule has 0 atom stereocenters. The molecule has 0 unspecified atom stereocenters. The fourth-order valence-corrected chi connectivity index (χ4v) is 0.685. The Bertz CT molecular complexity index is 262. The van der Waals surface area contributed by atoms with Gasteiger partial charge in [0.2, 0.25) is 0 Å². The van der Waals surface area contributed by atoms with Gasteiger partial charge in [0.25, 0.3) is 0 Å². The minimum atomic E-state index is 0.333. The van der Waals surface area contributed by atoms with Crippen LogP contribution in [-0.2, 0) is 6.42 Å². The molecule has 1 rings (SSSR count). The molecule has 0 amide bonds. The van der Waals surface area contributed by atoms with Crippen LogP contribution in [0.1, 0.15) is 5.56 Å². The maximum atomic E-state index is 8.31. The van der Waals surface area contributed by atoms with Crippen LogP contribution in [0.3, 0.4) is 0 Å². The van der Waals surface area contributed by atoms with E-state index in [1.54, 1.807) is 18.3 Å². The Morgan fingerprint density at radius 1 is 1.70 bits per heavy atom. The van der Waals surface area contributed by atoms with Gasteiger partial charge in [-0.3, -0.25) is 0 Å². The zero-order valence-electron chi connectivity index (χ0n) is 5.41. The molecule has 1 aromatic heterocycles. The van der Waals surface area contributed by atoms with Gasteiger partial charge in [0.05, 0.1) is 12.5 Å². The van der Waals surface area contributed by atoms with Gasteiger partial charge < -0.3 is 5.73 Å². The second-order valence-electron chi connectivity index (χ2n) is 1.88. The molecule has 3 nitrogen and oxygen atoms in total. The maximum Gasteiger partial charge on any atom is 0.127 e. The van der Waals surface area contributed by atoms with Gasteiger partial charge in [0, 0.05) is 11.8 Å². The Hall–Kier alpha value is -1.56. The fraction of sp³-hybridized carbons (Fsp3) is 0.143. The molecule has 0 aliphatic carbocycles. The van der Waals surface area contributed by atoms with E-state index in [0.717, 1.165) is 5.56 Å². The molecular weight excluding hydrogens is 126 g/mol. The van der Waals surface area contributed by atoms with E-state index in [1.165, 1.54) is 0 Å². The quantitative estimate of drug-likeness (QED) is 0.614. The molecule has 0 aliphatic rings. The normalized spacial score (nSPS) is 8.70. The standard InChI is InChI=1S/C7H7N3/c8-4-3-6-2-1-5-10-7(6)9/h1-2,5H,3H2,(H2,9,10). The molecule has 0 saturated heterocycles. The third kappa shape index (κ3) is 1.23. The Morgan fingerprint density at radius 2 is 2.50 bits per heavy atom. The number of anilines is 1. The molecule has 0 fully saturated rings. The number of hydrogen-bond acceptors (Lipinski definition) is 3. The van der Waals surface area contributed by atoms with E-state index in [0.29, 0.717) is 12.2 Å². The van der Waals surface area contributed by atoms with Gasteiger partial charge in [-0.05, 0) is 6.07 Å². The first-order valence-corrected chi connectivity index (χ1v) is 2.91. The summed E-state index contributed by atoms with van der Waals surface area (Å²) in [6, 6.07) is 5.57. The number of pyridine rings is 1. The largest absolute Gasteiger partial charge is 0.383 e. The smallest absolute Gasteiger partial charge is 0.127 e. The lowest BCUT2D eigenvalue weighted by molar-refractivity contribution is 1.20. The lowest BCUT2D eigenvalue weighted by atomic mass is 10.2. The van der Waals surface area contributed by atoms with Crippen molar-refractivity contribution in [2.24, 2.45) is 0 Å². The highest BCUT2D eigenvalue weighted by Gasteiger charge is 1.95. The molecule has 2 N–H and O–H groups in total. The first kappa shape index (κ1) is 6.56. The Kier molecular flexibility index (Phi) is 1.86. The van der Waals surface area contributed by atoms with Crippen LogP contribution < -0.4 is 5.73 Å². The first-order valence-electron chi connectivity index (χ1n) is 2.91. The van der Waals surface area contributed by atoms with Crippen LogP contribution in [0.4, 0.5) is 5.82 Å². The summed E-state index contributed by atoms with van der Waals surface area (Å²) in [4.78, 5) is 3.82. The molecule has 3 heteroatoms. The first-order chi connectivity index (χ1) is 4.84. The summed E-state index contributed by atoms with van der Waals surface area (Å²) in [7, 11) is 0. The van der Waals surface area contributed by atoms with Crippen LogP contribution in [0.15, 0.2) is 18.3 Å². The van der Waals surface area contributed by atoms with Gasteiger partial charge in [0.15, 0.2) is 0 Å². The van der Waals surface area contributed by atoms with Gasteiger partial charge in [-0.25, -0.2) is 4.98 Å². The molecule has 50 valence electrons. The summed E-state index contributed by atoms with van der Waals surface area (Å²) in [6.07, 6.45) is 1.94. The summed E-state index contributed by atoms with van der Waals surface area (Å²) >= 11 is 0. The third-order valence-corrected chi connectivity index (χ3v) is 1.20. The van der Waals surface area contributed by atoms with E-state index >= 15 is 0 Å². The van der Waals surface area contributed by atoms with Crippen LogP contribution in [0, 0.1) is 11.3 Å². The molecule has 0 aliphatic heterocycles. The average Bonchev–Trinajstić information content (AvgIpc) is 1.94. The number of nitrogens with zero attached hydrogens (tertiary/aromatic N) is 2. The number of nitrogen functional groups attached to an aromatic ring is 1. The van der Waals surface area contributed by atoms with Crippen LogP contribution in [-0.4, -0.2) is 4.98 Å². The highest BCUT2D eigenvalue weighted by Crippen LogP contribution is 2.05. The van der Waals surface area contributed by atoms with Gasteiger partial charge in [-0.15, -0.1) is 0 Å². The summed E-state index contributed by atoms with van der Waals surface area (Å²) in [6.45, 7) is 0. The van der Waals surface area contributed by atoms with E-state index in [-0.39, 0.29) is 0 Å². The number of nitrogens with two attached hydrogens (primary N) is 1. The van der Waals surface area contributed by atoms with E-state index in [1.807, 2.05) is 6.07 Å². The van der Waals surface area contributed by atoms with Crippen molar-refractivity contribution in [1.82, 2.24) is 4.98 Å². The minimum Gasteiger partial charge on any atom is -0.383 e. The highest BCUT2D eigenvalue weighted by molar-refractivity contribution is 5.39. The summed E-state index contributed by atoms with van der Waals surface area (Å²) in [5.74, 6) is 0.448. The van der Waals surface area contributed by atoms with Crippen molar-refractivity contribution >= 4 is 5.82 Å². The highest BCUT2D eigenvalue weighted by atomic mass is 14.8. The Labute approximate surface area is 59.1 Å². The van der Waals surface area contributed by atoms with Gasteiger partial charge >= 0.3 is 0 Å². The topological polar surface area (TPSA) is 62.7 Å². The average molecular weight is 133 g/mol. The molecule has 0 spiro atoms. The van der Waals surface area contributed by atoms with Crippen LogP contribution >= 0.6 is 0 Å². The number of hydrogen-bond donors (Lipinski definition) is 1. The second kappa shape index (κ2) is 2.83. The summed E-state index contributed by atoms with van der Waals surface area (Å²) in [5.41, 5.74) is 6.24. The van der Waals surface area contributed by atoms with Crippen molar-refractivity contribution in [1.29, 1.82) is 5.26 Å². The fourth-order valence-electron chi connectivity index (χ4n) is 0.685. The van der Waals surface area contributed by atoms with E-state index in [2.05, 4.69) is 4.98 Å². The monoisotopic (exact) mass is 133 g/mol.